The topological polar surface area (TPSA) is 146 Å². The highest BCUT2D eigenvalue weighted by atomic mass is 19.4. The summed E-state index contributed by atoms with van der Waals surface area (Å²) in [6.07, 6.45) is -3.92. The van der Waals surface area contributed by atoms with Crippen LogP contribution >= 0.6 is 0 Å². The lowest BCUT2D eigenvalue weighted by Gasteiger charge is -2.45. The SMILES string of the molecule is Cc1ccc(N2CCN(C=O)C(C(O)(C(=O)NC(=O)C(F)(F)F)c3ccc4c(N)nccc4c3)C2=O)cc1. The number of carbonyl (C=O) groups excluding carboxylic acids is 4. The van der Waals surface area contributed by atoms with Gasteiger partial charge in [-0.1, -0.05) is 29.8 Å². The van der Waals surface area contributed by atoms with Gasteiger partial charge in [-0.05, 0) is 42.1 Å². The number of aryl methyl sites for hydroxylation is 1. The summed E-state index contributed by atoms with van der Waals surface area (Å²) in [5.41, 5.74) is 3.65. The normalized spacial score (nSPS) is 17.7. The average molecular weight is 529 g/mol. The molecule has 13 heteroatoms. The molecule has 3 aromatic rings. The molecule has 2 heterocycles. The second kappa shape index (κ2) is 9.74. The van der Waals surface area contributed by atoms with Gasteiger partial charge in [0.15, 0.2) is 11.6 Å². The summed E-state index contributed by atoms with van der Waals surface area (Å²) in [7, 11) is 0. The van der Waals surface area contributed by atoms with Crippen LogP contribution in [0.5, 0.6) is 0 Å². The summed E-state index contributed by atoms with van der Waals surface area (Å²) >= 11 is 0. The van der Waals surface area contributed by atoms with Crippen molar-refractivity contribution in [1.82, 2.24) is 15.2 Å². The number of hydrogen-bond acceptors (Lipinski definition) is 7. The average Bonchev–Trinajstić information content (AvgIpc) is 2.88. The van der Waals surface area contributed by atoms with Crippen molar-refractivity contribution in [2.75, 3.05) is 23.7 Å². The van der Waals surface area contributed by atoms with E-state index in [1.165, 1.54) is 35.4 Å². The Labute approximate surface area is 213 Å². The minimum atomic E-state index is -5.46. The van der Waals surface area contributed by atoms with Gasteiger partial charge in [-0.3, -0.25) is 24.5 Å². The van der Waals surface area contributed by atoms with Gasteiger partial charge in [-0.15, -0.1) is 0 Å². The molecular weight excluding hydrogens is 507 g/mol. The number of hydrogen-bond donors (Lipinski definition) is 3. The third kappa shape index (κ3) is 4.63. The molecular formula is C25H22F3N5O5. The number of nitrogens with zero attached hydrogens (tertiary/aromatic N) is 3. The largest absolute Gasteiger partial charge is 0.471 e. The molecule has 2 atom stereocenters. The van der Waals surface area contributed by atoms with E-state index in [4.69, 9.17) is 5.73 Å². The molecule has 1 fully saturated rings. The lowest BCUT2D eigenvalue weighted by molar-refractivity contribution is -0.179. The summed E-state index contributed by atoms with van der Waals surface area (Å²) in [5, 5.41) is 13.7. The summed E-state index contributed by atoms with van der Waals surface area (Å²) in [6.45, 7) is 1.64. The number of fused-ring (bicyclic) bond motifs is 1. The number of imide groups is 1. The summed E-state index contributed by atoms with van der Waals surface area (Å²) in [5.74, 6) is -5.33. The van der Waals surface area contributed by atoms with E-state index in [2.05, 4.69) is 4.98 Å². The number of rotatable bonds is 5. The van der Waals surface area contributed by atoms with E-state index in [-0.39, 0.29) is 30.9 Å². The van der Waals surface area contributed by atoms with E-state index in [1.54, 1.807) is 24.3 Å². The van der Waals surface area contributed by atoms with Crippen molar-refractivity contribution in [3.05, 3.63) is 65.9 Å². The molecule has 10 nitrogen and oxygen atoms in total. The summed E-state index contributed by atoms with van der Waals surface area (Å²) in [4.78, 5) is 56.6. The van der Waals surface area contributed by atoms with Crippen molar-refractivity contribution < 1.29 is 37.5 Å². The monoisotopic (exact) mass is 529 g/mol. The van der Waals surface area contributed by atoms with Gasteiger partial charge in [-0.25, -0.2) is 4.98 Å². The zero-order chi connectivity index (χ0) is 27.8. The van der Waals surface area contributed by atoms with Crippen molar-refractivity contribution >= 4 is 46.4 Å². The molecule has 38 heavy (non-hydrogen) atoms. The van der Waals surface area contributed by atoms with Crippen LogP contribution in [-0.2, 0) is 24.8 Å². The fourth-order valence-corrected chi connectivity index (χ4v) is 4.38. The summed E-state index contributed by atoms with van der Waals surface area (Å²) in [6, 6.07) is 9.84. The smallest absolute Gasteiger partial charge is 0.383 e. The second-order valence-corrected chi connectivity index (χ2v) is 8.75. The van der Waals surface area contributed by atoms with E-state index >= 15 is 0 Å². The van der Waals surface area contributed by atoms with Crippen LogP contribution in [-0.4, -0.2) is 64.4 Å². The molecule has 0 radical (unpaired) electrons. The van der Waals surface area contributed by atoms with E-state index in [1.807, 2.05) is 6.92 Å². The Balaban J connectivity index is 1.89. The number of anilines is 2. The van der Waals surface area contributed by atoms with Crippen molar-refractivity contribution in [3.63, 3.8) is 0 Å². The van der Waals surface area contributed by atoms with E-state index in [9.17, 15) is 37.5 Å². The Kier molecular flexibility index (Phi) is 6.80. The van der Waals surface area contributed by atoms with Crippen LogP contribution in [0.2, 0.25) is 0 Å². The fourth-order valence-electron chi connectivity index (χ4n) is 4.38. The highest BCUT2D eigenvalue weighted by molar-refractivity contribution is 6.09. The Morgan fingerprint density at radius 1 is 1.11 bits per heavy atom. The maximum atomic E-state index is 13.8. The molecule has 4 amide bonds. The number of nitrogen functional groups attached to an aromatic ring is 1. The van der Waals surface area contributed by atoms with Gasteiger partial charge in [0, 0.05) is 30.4 Å². The van der Waals surface area contributed by atoms with Crippen LogP contribution in [0.4, 0.5) is 24.7 Å². The quantitative estimate of drug-likeness (QED) is 0.424. The maximum absolute atomic E-state index is 13.8. The van der Waals surface area contributed by atoms with Crippen LogP contribution in [0.1, 0.15) is 11.1 Å². The molecule has 1 saturated heterocycles. The summed E-state index contributed by atoms with van der Waals surface area (Å²) < 4.78 is 39.1. The van der Waals surface area contributed by atoms with Crippen LogP contribution in [0, 0.1) is 6.92 Å². The van der Waals surface area contributed by atoms with Crippen LogP contribution < -0.4 is 16.0 Å². The number of pyridine rings is 1. The number of aromatic nitrogens is 1. The second-order valence-electron chi connectivity index (χ2n) is 8.75. The predicted molar refractivity (Wildman–Crippen MR) is 129 cm³/mol. The van der Waals surface area contributed by atoms with Gasteiger partial charge >= 0.3 is 12.1 Å². The van der Waals surface area contributed by atoms with Gasteiger partial charge in [0.2, 0.25) is 6.41 Å². The van der Waals surface area contributed by atoms with Crippen molar-refractivity contribution in [1.29, 1.82) is 0 Å². The van der Waals surface area contributed by atoms with Gasteiger partial charge in [0.05, 0.1) is 0 Å². The predicted octanol–water partition coefficient (Wildman–Crippen LogP) is 1.39. The molecule has 4 rings (SSSR count). The number of nitrogens with one attached hydrogen (secondary N) is 1. The number of amides is 4. The minimum absolute atomic E-state index is 0.0176. The number of nitrogens with two attached hydrogens (primary N) is 1. The molecule has 1 aliphatic rings. The molecule has 0 saturated carbocycles. The molecule has 198 valence electrons. The molecule has 2 aromatic carbocycles. The van der Waals surface area contributed by atoms with Crippen molar-refractivity contribution in [2.24, 2.45) is 0 Å². The lowest BCUT2D eigenvalue weighted by Crippen LogP contribution is -2.69. The number of halogens is 3. The van der Waals surface area contributed by atoms with E-state index in [0.29, 0.717) is 16.5 Å². The molecule has 2 unspecified atom stereocenters. The molecule has 1 aliphatic heterocycles. The molecule has 0 spiro atoms. The first-order chi connectivity index (χ1) is 17.9. The van der Waals surface area contributed by atoms with Crippen LogP contribution in [0.25, 0.3) is 10.8 Å². The zero-order valence-electron chi connectivity index (χ0n) is 19.9. The number of benzene rings is 2. The maximum Gasteiger partial charge on any atom is 0.471 e. The van der Waals surface area contributed by atoms with Gasteiger partial charge < -0.3 is 20.6 Å². The number of alkyl halides is 3. The molecule has 0 aliphatic carbocycles. The lowest BCUT2D eigenvalue weighted by atomic mass is 9.81. The highest BCUT2D eigenvalue weighted by Gasteiger charge is 2.56. The third-order valence-corrected chi connectivity index (χ3v) is 6.36. The first-order valence-electron chi connectivity index (χ1n) is 11.3. The number of aliphatic hydroxyl groups is 1. The van der Waals surface area contributed by atoms with Gasteiger partial charge in [-0.2, -0.15) is 13.2 Å². The minimum Gasteiger partial charge on any atom is -0.383 e. The molecule has 1 aromatic heterocycles. The van der Waals surface area contributed by atoms with E-state index in [0.717, 1.165) is 15.8 Å². The third-order valence-electron chi connectivity index (χ3n) is 6.36. The Morgan fingerprint density at radius 3 is 2.42 bits per heavy atom. The van der Waals surface area contributed by atoms with Gasteiger partial charge in [0.25, 0.3) is 11.8 Å². The Morgan fingerprint density at radius 2 is 1.79 bits per heavy atom. The first-order valence-corrected chi connectivity index (χ1v) is 11.3. The molecule has 0 bridgehead atoms. The Bertz CT molecular complexity index is 1430. The van der Waals surface area contributed by atoms with Gasteiger partial charge in [0.1, 0.15) is 5.82 Å². The number of carbonyl (C=O) groups is 4. The molecule has 4 N–H and O–H groups in total. The standard InChI is InChI=1S/C25H22F3N5O5/c1-14-2-5-17(6-3-14)33-11-10-32(13-34)19(21(33)35)24(38,22(36)31-23(37)25(26,27)28)16-4-7-18-15(12-16)8-9-30-20(18)29/h2-9,12-13,19,38H,10-11H2,1H3,(H2,29,30)(H,31,36,37). The van der Waals surface area contributed by atoms with Crippen LogP contribution in [0.15, 0.2) is 54.7 Å². The fraction of sp³-hybridized carbons (Fsp3) is 0.240. The van der Waals surface area contributed by atoms with Crippen LogP contribution in [0.3, 0.4) is 0 Å². The zero-order valence-corrected chi connectivity index (χ0v) is 19.9. The number of piperazine rings is 1. The van der Waals surface area contributed by atoms with Crippen molar-refractivity contribution in [3.8, 4) is 0 Å². The van der Waals surface area contributed by atoms with Crippen molar-refractivity contribution in [2.45, 2.75) is 24.7 Å². The van der Waals surface area contributed by atoms with E-state index < -0.39 is 35.5 Å². The first kappa shape index (κ1) is 26.5. The Hall–Kier alpha value is -4.52. The highest BCUT2D eigenvalue weighted by Crippen LogP contribution is 2.36.